The number of hydrogen-bond acceptors (Lipinski definition) is 3. The normalized spacial score (nSPS) is 22.1. The maximum Gasteiger partial charge on any atom is 0.254 e. The third kappa shape index (κ3) is 5.17. The van der Waals surface area contributed by atoms with Crippen LogP contribution >= 0.6 is 0 Å². The van der Waals surface area contributed by atoms with E-state index in [-0.39, 0.29) is 30.1 Å². The molecule has 0 radical (unpaired) electrons. The van der Waals surface area contributed by atoms with Crippen LogP contribution in [0, 0.1) is 5.92 Å². The molecule has 2 heterocycles. The second-order valence-corrected chi connectivity index (χ2v) is 8.22. The van der Waals surface area contributed by atoms with Crippen molar-refractivity contribution in [2.45, 2.75) is 64.8 Å². The number of unbranched alkanes of at least 4 members (excludes halogenated alkanes) is 1. The van der Waals surface area contributed by atoms with E-state index in [1.54, 1.807) is 29.2 Å². The highest BCUT2D eigenvalue weighted by atomic mass is 16.2. The van der Waals surface area contributed by atoms with Crippen LogP contribution in [-0.2, 0) is 9.59 Å². The second kappa shape index (κ2) is 9.90. The van der Waals surface area contributed by atoms with Crippen molar-refractivity contribution in [1.82, 2.24) is 9.80 Å². The molecule has 0 saturated carbocycles. The van der Waals surface area contributed by atoms with Gasteiger partial charge in [-0.1, -0.05) is 20.3 Å². The molecular formula is C23H33N3O3. The molecule has 0 aromatic heterocycles. The lowest BCUT2D eigenvalue weighted by atomic mass is 9.99. The van der Waals surface area contributed by atoms with E-state index in [1.165, 1.54) is 6.42 Å². The minimum absolute atomic E-state index is 0.0616. The molecule has 0 bridgehead atoms. The van der Waals surface area contributed by atoms with Gasteiger partial charge in [0.1, 0.15) is 0 Å². The number of likely N-dealkylation sites (tertiary alicyclic amines) is 2. The molecule has 158 valence electrons. The Morgan fingerprint density at radius 1 is 1.14 bits per heavy atom. The highest BCUT2D eigenvalue weighted by Gasteiger charge is 2.34. The van der Waals surface area contributed by atoms with Gasteiger partial charge in [-0.3, -0.25) is 14.4 Å². The molecule has 1 aromatic carbocycles. The summed E-state index contributed by atoms with van der Waals surface area (Å²) in [7, 11) is 0. The van der Waals surface area contributed by atoms with Gasteiger partial charge in [0, 0.05) is 43.3 Å². The molecule has 29 heavy (non-hydrogen) atoms. The van der Waals surface area contributed by atoms with Crippen LogP contribution in [0.1, 0.15) is 69.2 Å². The summed E-state index contributed by atoms with van der Waals surface area (Å²) in [5.74, 6) is -0.299. The highest BCUT2D eigenvalue weighted by Crippen LogP contribution is 2.23. The van der Waals surface area contributed by atoms with E-state index < -0.39 is 0 Å². The van der Waals surface area contributed by atoms with Crippen molar-refractivity contribution in [3.8, 4) is 0 Å². The van der Waals surface area contributed by atoms with Crippen LogP contribution in [0.15, 0.2) is 24.3 Å². The first-order valence-corrected chi connectivity index (χ1v) is 11.0. The predicted octanol–water partition coefficient (Wildman–Crippen LogP) is 3.68. The second-order valence-electron chi connectivity index (χ2n) is 8.22. The quantitative estimate of drug-likeness (QED) is 0.760. The monoisotopic (exact) mass is 399 g/mol. The first-order valence-electron chi connectivity index (χ1n) is 11.0. The number of anilines is 1. The van der Waals surface area contributed by atoms with Crippen molar-refractivity contribution < 1.29 is 14.4 Å². The average Bonchev–Trinajstić information content (AvgIpc) is 3.13. The van der Waals surface area contributed by atoms with E-state index >= 15 is 0 Å². The number of carbonyl (C=O) groups excluding carboxylic acids is 3. The summed E-state index contributed by atoms with van der Waals surface area (Å²) in [4.78, 5) is 41.3. The van der Waals surface area contributed by atoms with Crippen LogP contribution in [0.5, 0.6) is 0 Å². The predicted molar refractivity (Wildman–Crippen MR) is 114 cm³/mol. The van der Waals surface area contributed by atoms with E-state index in [0.29, 0.717) is 23.8 Å². The maximum atomic E-state index is 12.9. The number of carbonyl (C=O) groups is 3. The largest absolute Gasteiger partial charge is 0.342 e. The molecule has 6 heteroatoms. The van der Waals surface area contributed by atoms with Crippen LogP contribution in [-0.4, -0.2) is 53.2 Å². The Morgan fingerprint density at radius 3 is 2.59 bits per heavy atom. The van der Waals surface area contributed by atoms with Gasteiger partial charge in [0.05, 0.1) is 5.92 Å². The van der Waals surface area contributed by atoms with Crippen LogP contribution in [0.4, 0.5) is 5.69 Å². The molecule has 3 rings (SSSR count). The minimum atomic E-state index is -0.306. The van der Waals surface area contributed by atoms with E-state index in [2.05, 4.69) is 19.2 Å². The molecule has 2 atom stereocenters. The topological polar surface area (TPSA) is 69.7 Å². The number of amides is 3. The van der Waals surface area contributed by atoms with Crippen LogP contribution in [0.2, 0.25) is 0 Å². The molecule has 2 fully saturated rings. The molecule has 2 aliphatic rings. The number of benzene rings is 1. The van der Waals surface area contributed by atoms with Gasteiger partial charge in [0.2, 0.25) is 11.8 Å². The summed E-state index contributed by atoms with van der Waals surface area (Å²) in [6.45, 7) is 6.26. The lowest BCUT2D eigenvalue weighted by Crippen LogP contribution is -2.43. The lowest BCUT2D eigenvalue weighted by Gasteiger charge is -2.35. The molecule has 2 unspecified atom stereocenters. The van der Waals surface area contributed by atoms with Gasteiger partial charge < -0.3 is 15.1 Å². The Kier molecular flexibility index (Phi) is 7.29. The highest BCUT2D eigenvalue weighted by molar-refractivity contribution is 5.98. The van der Waals surface area contributed by atoms with Gasteiger partial charge in [-0.05, 0) is 56.4 Å². The Labute approximate surface area is 173 Å². The Balaban J connectivity index is 1.57. The zero-order valence-electron chi connectivity index (χ0n) is 17.7. The van der Waals surface area contributed by atoms with Crippen LogP contribution in [0.3, 0.4) is 0 Å². The fourth-order valence-corrected chi connectivity index (χ4v) is 4.31. The fraction of sp³-hybridized carbons (Fsp3) is 0.609. The Bertz CT molecular complexity index is 731. The zero-order valence-corrected chi connectivity index (χ0v) is 17.7. The summed E-state index contributed by atoms with van der Waals surface area (Å²) in [6.07, 6.45) is 6.58. The Hall–Kier alpha value is -2.37. The van der Waals surface area contributed by atoms with Gasteiger partial charge in [-0.25, -0.2) is 0 Å². The molecule has 0 spiro atoms. The summed E-state index contributed by atoms with van der Waals surface area (Å²) in [5, 5.41) is 2.90. The molecule has 0 aliphatic carbocycles. The minimum Gasteiger partial charge on any atom is -0.342 e. The van der Waals surface area contributed by atoms with Crippen molar-refractivity contribution >= 4 is 23.4 Å². The lowest BCUT2D eigenvalue weighted by molar-refractivity contribution is -0.128. The number of piperidine rings is 1. The smallest absolute Gasteiger partial charge is 0.254 e. The standard InChI is InChI=1S/C23H33N3O3/c1-3-5-13-25-16-18(15-21(25)27)22(28)24-19-11-9-17(10-12-19)23(29)26-14-7-6-8-20(26)4-2/h9-12,18,20H,3-8,13-16H2,1-2H3,(H,24,28). The van der Waals surface area contributed by atoms with Crippen molar-refractivity contribution in [2.75, 3.05) is 25.0 Å². The maximum absolute atomic E-state index is 12.9. The summed E-state index contributed by atoms with van der Waals surface area (Å²) < 4.78 is 0. The van der Waals surface area contributed by atoms with E-state index in [9.17, 15) is 14.4 Å². The van der Waals surface area contributed by atoms with Crippen LogP contribution < -0.4 is 5.32 Å². The first-order chi connectivity index (χ1) is 14.0. The molecule has 3 amide bonds. The van der Waals surface area contributed by atoms with Crippen molar-refractivity contribution in [3.63, 3.8) is 0 Å². The summed E-state index contributed by atoms with van der Waals surface area (Å²) in [5.41, 5.74) is 1.32. The molecule has 2 saturated heterocycles. The number of hydrogen-bond donors (Lipinski definition) is 1. The van der Waals surface area contributed by atoms with Gasteiger partial charge in [-0.2, -0.15) is 0 Å². The van der Waals surface area contributed by atoms with Gasteiger partial charge in [-0.15, -0.1) is 0 Å². The van der Waals surface area contributed by atoms with Gasteiger partial charge >= 0.3 is 0 Å². The van der Waals surface area contributed by atoms with Crippen molar-refractivity contribution in [2.24, 2.45) is 5.92 Å². The zero-order chi connectivity index (χ0) is 20.8. The van der Waals surface area contributed by atoms with E-state index in [4.69, 9.17) is 0 Å². The van der Waals surface area contributed by atoms with Gasteiger partial charge in [0.15, 0.2) is 0 Å². The first kappa shape index (κ1) is 21.3. The number of nitrogens with zero attached hydrogens (tertiary/aromatic N) is 2. The molecule has 1 N–H and O–H groups in total. The molecule has 1 aromatic rings. The van der Waals surface area contributed by atoms with E-state index in [0.717, 1.165) is 45.2 Å². The third-order valence-electron chi connectivity index (χ3n) is 6.13. The summed E-state index contributed by atoms with van der Waals surface area (Å²) >= 11 is 0. The van der Waals surface area contributed by atoms with Gasteiger partial charge in [0.25, 0.3) is 5.91 Å². The summed E-state index contributed by atoms with van der Waals surface area (Å²) in [6, 6.07) is 7.45. The van der Waals surface area contributed by atoms with Crippen LogP contribution in [0.25, 0.3) is 0 Å². The van der Waals surface area contributed by atoms with Crippen molar-refractivity contribution in [1.29, 1.82) is 0 Å². The number of nitrogens with one attached hydrogen (secondary N) is 1. The third-order valence-corrected chi connectivity index (χ3v) is 6.13. The fourth-order valence-electron chi connectivity index (χ4n) is 4.31. The molecular weight excluding hydrogens is 366 g/mol. The van der Waals surface area contributed by atoms with Crippen molar-refractivity contribution in [3.05, 3.63) is 29.8 Å². The molecule has 6 nitrogen and oxygen atoms in total. The average molecular weight is 400 g/mol. The Morgan fingerprint density at radius 2 is 1.90 bits per heavy atom. The van der Waals surface area contributed by atoms with E-state index in [1.807, 2.05) is 4.90 Å². The molecule has 2 aliphatic heterocycles. The SMILES string of the molecule is CCCCN1CC(C(=O)Nc2ccc(C(=O)N3CCCCC3CC)cc2)CC1=O. The number of rotatable bonds is 7.